The van der Waals surface area contributed by atoms with Crippen molar-refractivity contribution in [2.75, 3.05) is 13.7 Å². The second-order valence-corrected chi connectivity index (χ2v) is 7.85. The smallest absolute Gasteiger partial charge is 0.340 e. The number of fused-ring (bicyclic) bond motifs is 1. The maximum absolute atomic E-state index is 13.6. The van der Waals surface area contributed by atoms with Gasteiger partial charge in [0.2, 0.25) is 5.88 Å². The zero-order valence-corrected chi connectivity index (χ0v) is 17.6. The van der Waals surface area contributed by atoms with E-state index in [9.17, 15) is 9.59 Å². The highest BCUT2D eigenvalue weighted by molar-refractivity contribution is 6.31. The molecule has 2 atom stereocenters. The van der Waals surface area contributed by atoms with E-state index in [-0.39, 0.29) is 23.1 Å². The summed E-state index contributed by atoms with van der Waals surface area (Å²) < 4.78 is 18.0. The minimum absolute atomic E-state index is 0.0246. The van der Waals surface area contributed by atoms with Crippen LogP contribution in [-0.4, -0.2) is 30.4 Å². The number of rotatable bonds is 4. The van der Waals surface area contributed by atoms with Crippen LogP contribution in [0.3, 0.4) is 0 Å². The first-order chi connectivity index (χ1) is 14.4. The molecule has 0 saturated carbocycles. The lowest BCUT2D eigenvalue weighted by Gasteiger charge is -2.29. The number of nitrogens with zero attached hydrogens (tertiary/aromatic N) is 1. The maximum atomic E-state index is 13.6. The highest BCUT2D eigenvalue weighted by Gasteiger charge is 2.39. The molecule has 2 aliphatic heterocycles. The van der Waals surface area contributed by atoms with Crippen molar-refractivity contribution in [3.05, 3.63) is 74.0 Å². The Labute approximate surface area is 179 Å². The number of benzene rings is 1. The third-order valence-electron chi connectivity index (χ3n) is 5.60. The van der Waals surface area contributed by atoms with E-state index < -0.39 is 11.9 Å². The predicted octanol–water partition coefficient (Wildman–Crippen LogP) is 2.86. The molecule has 0 aliphatic carbocycles. The number of aryl methyl sites for hydroxylation is 1. The molecule has 1 aromatic heterocycles. The van der Waals surface area contributed by atoms with E-state index in [1.54, 1.807) is 34.9 Å². The van der Waals surface area contributed by atoms with Crippen LogP contribution in [0.2, 0.25) is 5.02 Å². The molecule has 30 heavy (non-hydrogen) atoms. The van der Waals surface area contributed by atoms with Crippen LogP contribution < -0.4 is 16.0 Å². The Hall–Kier alpha value is -2.77. The van der Waals surface area contributed by atoms with Gasteiger partial charge in [-0.05, 0) is 31.4 Å². The van der Waals surface area contributed by atoms with Crippen LogP contribution in [-0.2, 0) is 20.8 Å². The average Bonchev–Trinajstić information content (AvgIpc) is 3.23. The van der Waals surface area contributed by atoms with Crippen molar-refractivity contribution in [2.45, 2.75) is 38.3 Å². The molecule has 8 heteroatoms. The number of halogens is 1. The molecule has 7 nitrogen and oxygen atoms in total. The van der Waals surface area contributed by atoms with Crippen LogP contribution in [0.25, 0.3) is 0 Å². The van der Waals surface area contributed by atoms with Gasteiger partial charge in [-0.3, -0.25) is 4.79 Å². The Kier molecular flexibility index (Phi) is 5.58. The quantitative estimate of drug-likeness (QED) is 0.750. The van der Waals surface area contributed by atoms with Gasteiger partial charge in [0.05, 0.1) is 31.2 Å². The molecule has 0 bridgehead atoms. The normalized spacial score (nSPS) is 20.6. The molecule has 0 spiro atoms. The van der Waals surface area contributed by atoms with Crippen molar-refractivity contribution in [1.29, 1.82) is 0 Å². The summed E-state index contributed by atoms with van der Waals surface area (Å²) >= 11 is 6.46. The lowest BCUT2D eigenvalue weighted by atomic mass is 9.83. The number of aromatic nitrogens is 1. The number of carbonyl (C=O) groups excluding carboxylic acids is 1. The molecule has 158 valence electrons. The SMILES string of the molecule is COC(=O)C1=C(N)Oc2cc(C)n(CC3CCCO3)c(=O)c2C1c1ccccc1Cl. The van der Waals surface area contributed by atoms with Crippen molar-refractivity contribution < 1.29 is 19.0 Å². The molecular weight excluding hydrogens is 408 g/mol. The number of esters is 1. The van der Waals surface area contributed by atoms with Crippen LogP contribution in [0.1, 0.15) is 35.6 Å². The Bertz CT molecular complexity index is 1090. The summed E-state index contributed by atoms with van der Waals surface area (Å²) in [6.45, 7) is 2.96. The van der Waals surface area contributed by atoms with Crippen LogP contribution in [0.5, 0.6) is 5.75 Å². The van der Waals surface area contributed by atoms with Crippen molar-refractivity contribution in [2.24, 2.45) is 5.73 Å². The van der Waals surface area contributed by atoms with E-state index in [0.717, 1.165) is 18.5 Å². The first-order valence-corrected chi connectivity index (χ1v) is 10.2. The third-order valence-corrected chi connectivity index (χ3v) is 5.95. The lowest BCUT2D eigenvalue weighted by Crippen LogP contribution is -2.36. The molecule has 2 aliphatic rings. The van der Waals surface area contributed by atoms with Crippen LogP contribution in [0.15, 0.2) is 46.6 Å². The minimum Gasteiger partial charge on any atom is -0.465 e. The second kappa shape index (κ2) is 8.16. The van der Waals surface area contributed by atoms with Gasteiger partial charge in [0.25, 0.3) is 5.56 Å². The molecule has 0 amide bonds. The topological polar surface area (TPSA) is 92.8 Å². The Morgan fingerprint density at radius 1 is 1.37 bits per heavy atom. The highest BCUT2D eigenvalue weighted by atomic mass is 35.5. The Morgan fingerprint density at radius 3 is 2.80 bits per heavy atom. The molecule has 4 rings (SSSR count). The molecule has 1 aromatic carbocycles. The minimum atomic E-state index is -0.807. The summed E-state index contributed by atoms with van der Waals surface area (Å²) in [5, 5.41) is 0.412. The fourth-order valence-corrected chi connectivity index (χ4v) is 4.38. The van der Waals surface area contributed by atoms with Gasteiger partial charge in [0.1, 0.15) is 11.3 Å². The summed E-state index contributed by atoms with van der Waals surface area (Å²) in [6, 6.07) is 8.80. The van der Waals surface area contributed by atoms with E-state index in [0.29, 0.717) is 35.1 Å². The molecule has 0 radical (unpaired) electrons. The van der Waals surface area contributed by atoms with E-state index >= 15 is 0 Å². The number of hydrogen-bond acceptors (Lipinski definition) is 6. The summed E-state index contributed by atoms with van der Waals surface area (Å²) in [6.07, 6.45) is 1.84. The number of nitrogens with two attached hydrogens (primary N) is 1. The van der Waals surface area contributed by atoms with Crippen LogP contribution in [0, 0.1) is 6.92 Å². The largest absolute Gasteiger partial charge is 0.465 e. The van der Waals surface area contributed by atoms with Gasteiger partial charge in [-0.2, -0.15) is 0 Å². The monoisotopic (exact) mass is 430 g/mol. The lowest BCUT2D eigenvalue weighted by molar-refractivity contribution is -0.136. The predicted molar refractivity (Wildman–Crippen MR) is 112 cm³/mol. The Balaban J connectivity index is 1.94. The van der Waals surface area contributed by atoms with E-state index in [4.69, 9.17) is 31.5 Å². The standard InChI is InChI=1S/C22H23ClN2O5/c1-12-10-16-18(21(26)25(12)11-13-6-5-9-29-13)17(14-7-3-4-8-15(14)23)19(20(24)30-16)22(27)28-2/h3-4,7-8,10,13,17H,5-6,9,11,24H2,1-2H3. The fourth-order valence-electron chi connectivity index (χ4n) is 4.13. The third kappa shape index (κ3) is 3.48. The van der Waals surface area contributed by atoms with Gasteiger partial charge in [-0.25, -0.2) is 4.79 Å². The van der Waals surface area contributed by atoms with Gasteiger partial charge in [0.15, 0.2) is 0 Å². The van der Waals surface area contributed by atoms with Crippen molar-refractivity contribution >= 4 is 17.6 Å². The first-order valence-electron chi connectivity index (χ1n) is 9.78. The molecule has 2 unspecified atom stereocenters. The number of methoxy groups -OCH3 is 1. The van der Waals surface area contributed by atoms with Crippen molar-refractivity contribution in [3.8, 4) is 5.75 Å². The number of hydrogen-bond donors (Lipinski definition) is 1. The average molecular weight is 431 g/mol. The number of carbonyl (C=O) groups is 1. The molecule has 2 N–H and O–H groups in total. The zero-order chi connectivity index (χ0) is 21.4. The summed E-state index contributed by atoms with van der Waals surface area (Å²) in [5.41, 5.74) is 7.51. The van der Waals surface area contributed by atoms with Gasteiger partial charge in [-0.15, -0.1) is 0 Å². The number of pyridine rings is 1. The second-order valence-electron chi connectivity index (χ2n) is 7.44. The van der Waals surface area contributed by atoms with E-state index in [1.165, 1.54) is 7.11 Å². The van der Waals surface area contributed by atoms with Crippen LogP contribution >= 0.6 is 11.6 Å². The van der Waals surface area contributed by atoms with Gasteiger partial charge < -0.3 is 24.5 Å². The van der Waals surface area contributed by atoms with Gasteiger partial charge >= 0.3 is 5.97 Å². The first kappa shape index (κ1) is 20.5. The van der Waals surface area contributed by atoms with E-state index in [2.05, 4.69) is 0 Å². The molecule has 2 aromatic rings. The van der Waals surface area contributed by atoms with Crippen LogP contribution in [0.4, 0.5) is 0 Å². The fraction of sp³-hybridized carbons (Fsp3) is 0.364. The van der Waals surface area contributed by atoms with Crippen molar-refractivity contribution in [1.82, 2.24) is 4.57 Å². The Morgan fingerprint density at radius 2 is 2.13 bits per heavy atom. The summed E-state index contributed by atoms with van der Waals surface area (Å²) in [5.74, 6) is -1.27. The maximum Gasteiger partial charge on any atom is 0.340 e. The van der Waals surface area contributed by atoms with Gasteiger partial charge in [0, 0.05) is 23.4 Å². The van der Waals surface area contributed by atoms with Crippen molar-refractivity contribution in [3.63, 3.8) is 0 Å². The number of ether oxygens (including phenoxy) is 3. The zero-order valence-electron chi connectivity index (χ0n) is 16.8. The molecule has 1 fully saturated rings. The van der Waals surface area contributed by atoms with E-state index in [1.807, 2.05) is 6.92 Å². The van der Waals surface area contributed by atoms with Gasteiger partial charge in [-0.1, -0.05) is 29.8 Å². The molecule has 1 saturated heterocycles. The molecule has 3 heterocycles. The summed E-state index contributed by atoms with van der Waals surface area (Å²) in [4.78, 5) is 26.3. The summed E-state index contributed by atoms with van der Waals surface area (Å²) in [7, 11) is 1.26. The molecular formula is C22H23ClN2O5. The highest BCUT2D eigenvalue weighted by Crippen LogP contribution is 2.43.